The number of carbonyl (C=O) groups is 1. The topological polar surface area (TPSA) is 49.8 Å². The molecule has 0 aromatic rings. The zero-order valence-corrected chi connectivity index (χ0v) is 9.02. The van der Waals surface area contributed by atoms with E-state index in [1.54, 1.807) is 0 Å². The summed E-state index contributed by atoms with van der Waals surface area (Å²) >= 11 is 0. The molecule has 15 heavy (non-hydrogen) atoms. The van der Waals surface area contributed by atoms with Crippen LogP contribution >= 0.6 is 0 Å². The van der Waals surface area contributed by atoms with E-state index in [1.165, 1.54) is 0 Å². The second-order valence-electron chi connectivity index (χ2n) is 4.64. The first kappa shape index (κ1) is 10.9. The molecule has 0 aliphatic carbocycles. The van der Waals surface area contributed by atoms with Crippen LogP contribution < -0.4 is 0 Å². The summed E-state index contributed by atoms with van der Waals surface area (Å²) in [5.41, 5.74) is 0. The maximum absolute atomic E-state index is 11.9. The molecule has 4 nitrogen and oxygen atoms in total. The van der Waals surface area contributed by atoms with E-state index >= 15 is 0 Å². The van der Waals surface area contributed by atoms with Gasteiger partial charge in [0.05, 0.1) is 13.2 Å². The Balaban J connectivity index is 1.78. The SMILES string of the molecule is O=C(CC1COC1)N1CCCC(CO)C1. The van der Waals surface area contributed by atoms with E-state index in [1.807, 2.05) is 4.90 Å². The normalized spacial score (nSPS) is 27.5. The second-order valence-corrected chi connectivity index (χ2v) is 4.64. The van der Waals surface area contributed by atoms with Crippen molar-refractivity contribution in [1.82, 2.24) is 4.90 Å². The molecule has 0 aromatic heterocycles. The largest absolute Gasteiger partial charge is 0.396 e. The van der Waals surface area contributed by atoms with Crippen molar-refractivity contribution in [2.24, 2.45) is 11.8 Å². The van der Waals surface area contributed by atoms with E-state index in [4.69, 9.17) is 9.84 Å². The van der Waals surface area contributed by atoms with Gasteiger partial charge in [-0.05, 0) is 18.8 Å². The van der Waals surface area contributed by atoms with Gasteiger partial charge in [0.25, 0.3) is 0 Å². The first-order chi connectivity index (χ1) is 7.29. The molecule has 2 aliphatic rings. The molecular formula is C11H19NO3. The third kappa shape index (κ3) is 2.69. The lowest BCUT2D eigenvalue weighted by Crippen LogP contribution is -2.43. The van der Waals surface area contributed by atoms with E-state index in [0.717, 1.165) is 39.1 Å². The standard InChI is InChI=1S/C11H19NO3/c13-6-9-2-1-3-12(5-9)11(14)4-10-7-15-8-10/h9-10,13H,1-8H2. The van der Waals surface area contributed by atoms with E-state index in [0.29, 0.717) is 18.3 Å². The Morgan fingerprint density at radius 1 is 1.40 bits per heavy atom. The molecule has 1 amide bonds. The number of likely N-dealkylation sites (tertiary alicyclic amines) is 1. The van der Waals surface area contributed by atoms with Crippen molar-refractivity contribution in [3.63, 3.8) is 0 Å². The molecule has 2 saturated heterocycles. The molecular weight excluding hydrogens is 194 g/mol. The Morgan fingerprint density at radius 2 is 2.20 bits per heavy atom. The Labute approximate surface area is 90.2 Å². The van der Waals surface area contributed by atoms with Gasteiger partial charge >= 0.3 is 0 Å². The van der Waals surface area contributed by atoms with Crippen molar-refractivity contribution in [3.05, 3.63) is 0 Å². The molecule has 4 heteroatoms. The maximum atomic E-state index is 11.9. The Kier molecular flexibility index (Phi) is 3.59. The van der Waals surface area contributed by atoms with E-state index in [2.05, 4.69) is 0 Å². The molecule has 2 aliphatic heterocycles. The van der Waals surface area contributed by atoms with Crippen molar-refractivity contribution in [1.29, 1.82) is 0 Å². The molecule has 1 atom stereocenters. The highest BCUT2D eigenvalue weighted by molar-refractivity contribution is 5.76. The molecule has 2 heterocycles. The average molecular weight is 213 g/mol. The quantitative estimate of drug-likeness (QED) is 0.731. The predicted octanol–water partition coefficient (Wildman–Crippen LogP) is 0.254. The minimum absolute atomic E-state index is 0.205. The summed E-state index contributed by atoms with van der Waals surface area (Å²) in [6.07, 6.45) is 2.70. The van der Waals surface area contributed by atoms with Gasteiger partial charge in [-0.25, -0.2) is 0 Å². The zero-order chi connectivity index (χ0) is 10.7. The van der Waals surface area contributed by atoms with E-state index < -0.39 is 0 Å². The summed E-state index contributed by atoms with van der Waals surface area (Å²) < 4.78 is 5.05. The van der Waals surface area contributed by atoms with Crippen LogP contribution in [0.1, 0.15) is 19.3 Å². The van der Waals surface area contributed by atoms with E-state index in [-0.39, 0.29) is 12.5 Å². The molecule has 1 unspecified atom stereocenters. The number of rotatable bonds is 3. The van der Waals surface area contributed by atoms with E-state index in [9.17, 15) is 4.79 Å². The minimum Gasteiger partial charge on any atom is -0.396 e. The highest BCUT2D eigenvalue weighted by atomic mass is 16.5. The van der Waals surface area contributed by atoms with Crippen LogP contribution in [0, 0.1) is 11.8 Å². The van der Waals surface area contributed by atoms with Crippen LogP contribution in [0.3, 0.4) is 0 Å². The van der Waals surface area contributed by atoms with Gasteiger partial charge in [-0.1, -0.05) is 0 Å². The van der Waals surface area contributed by atoms with Gasteiger partial charge in [0.15, 0.2) is 0 Å². The van der Waals surface area contributed by atoms with Gasteiger partial charge in [0.2, 0.25) is 5.91 Å². The Hall–Kier alpha value is -0.610. The van der Waals surface area contributed by atoms with Crippen molar-refractivity contribution in [3.8, 4) is 0 Å². The number of hydrogen-bond acceptors (Lipinski definition) is 3. The van der Waals surface area contributed by atoms with Crippen LogP contribution in [0.15, 0.2) is 0 Å². The van der Waals surface area contributed by atoms with Crippen LogP contribution in [0.4, 0.5) is 0 Å². The number of ether oxygens (including phenoxy) is 1. The molecule has 86 valence electrons. The second kappa shape index (κ2) is 4.94. The summed E-state index contributed by atoms with van der Waals surface area (Å²) in [6, 6.07) is 0. The van der Waals surface area contributed by atoms with Gasteiger partial charge < -0.3 is 14.7 Å². The fraction of sp³-hybridized carbons (Fsp3) is 0.909. The van der Waals surface area contributed by atoms with Crippen LogP contribution in [-0.2, 0) is 9.53 Å². The minimum atomic E-state index is 0.205. The third-order valence-corrected chi connectivity index (χ3v) is 3.30. The van der Waals surface area contributed by atoms with Gasteiger partial charge in [0.1, 0.15) is 0 Å². The summed E-state index contributed by atoms with van der Waals surface area (Å²) in [7, 11) is 0. The number of aliphatic hydroxyl groups excluding tert-OH is 1. The Morgan fingerprint density at radius 3 is 2.80 bits per heavy atom. The number of piperidine rings is 1. The van der Waals surface area contributed by atoms with Crippen molar-refractivity contribution in [2.45, 2.75) is 19.3 Å². The highest BCUT2D eigenvalue weighted by Crippen LogP contribution is 2.20. The average Bonchev–Trinajstić information content (AvgIpc) is 2.23. The van der Waals surface area contributed by atoms with Gasteiger partial charge in [0, 0.05) is 32.0 Å². The highest BCUT2D eigenvalue weighted by Gasteiger charge is 2.27. The molecule has 0 spiro atoms. The Bertz CT molecular complexity index is 228. The molecule has 0 bridgehead atoms. The van der Waals surface area contributed by atoms with Crippen molar-refractivity contribution in [2.75, 3.05) is 32.9 Å². The molecule has 0 radical (unpaired) electrons. The number of amides is 1. The summed E-state index contributed by atoms with van der Waals surface area (Å²) in [5.74, 6) is 0.966. The molecule has 0 saturated carbocycles. The van der Waals surface area contributed by atoms with Crippen LogP contribution in [0.2, 0.25) is 0 Å². The van der Waals surface area contributed by atoms with Crippen molar-refractivity contribution < 1.29 is 14.6 Å². The predicted molar refractivity (Wildman–Crippen MR) is 55.3 cm³/mol. The lowest BCUT2D eigenvalue weighted by atomic mass is 9.97. The summed E-state index contributed by atoms with van der Waals surface area (Å²) in [6.45, 7) is 3.29. The first-order valence-corrected chi connectivity index (χ1v) is 5.76. The summed E-state index contributed by atoms with van der Waals surface area (Å²) in [4.78, 5) is 13.8. The lowest BCUT2D eigenvalue weighted by molar-refractivity contribution is -0.138. The number of hydrogen-bond donors (Lipinski definition) is 1. The monoisotopic (exact) mass is 213 g/mol. The fourth-order valence-electron chi connectivity index (χ4n) is 2.22. The van der Waals surface area contributed by atoms with Crippen LogP contribution in [0.25, 0.3) is 0 Å². The third-order valence-electron chi connectivity index (χ3n) is 3.30. The van der Waals surface area contributed by atoms with Crippen LogP contribution in [0.5, 0.6) is 0 Å². The molecule has 2 fully saturated rings. The molecule has 0 aromatic carbocycles. The molecule has 2 rings (SSSR count). The molecule has 1 N–H and O–H groups in total. The number of nitrogens with zero attached hydrogens (tertiary/aromatic N) is 1. The number of aliphatic hydroxyl groups is 1. The first-order valence-electron chi connectivity index (χ1n) is 5.76. The van der Waals surface area contributed by atoms with Gasteiger partial charge in [-0.3, -0.25) is 4.79 Å². The zero-order valence-electron chi connectivity index (χ0n) is 9.02. The summed E-state index contributed by atoms with van der Waals surface area (Å²) in [5, 5.41) is 9.07. The van der Waals surface area contributed by atoms with Gasteiger partial charge in [-0.15, -0.1) is 0 Å². The van der Waals surface area contributed by atoms with Gasteiger partial charge in [-0.2, -0.15) is 0 Å². The smallest absolute Gasteiger partial charge is 0.223 e. The van der Waals surface area contributed by atoms with Crippen molar-refractivity contribution >= 4 is 5.91 Å². The fourth-order valence-corrected chi connectivity index (χ4v) is 2.22. The lowest BCUT2D eigenvalue weighted by Gasteiger charge is -2.34. The maximum Gasteiger partial charge on any atom is 0.223 e. The van der Waals surface area contributed by atoms with Crippen LogP contribution in [-0.4, -0.2) is 48.8 Å². The number of carbonyl (C=O) groups excluding carboxylic acids is 1.